The molecule has 1 aliphatic heterocycles. The minimum atomic E-state index is -0.833. The van der Waals surface area contributed by atoms with Crippen molar-refractivity contribution in [2.45, 2.75) is 38.7 Å². The standard InChI is InChI=1S/C16H19NO.C2H4O2/c1-3-4-6-9-14(2)16(12-13-17-18-16)15-10-7-5-8-11-15;1-2(3)4/h3,5,7-11,13H,1,4,6,12H2,2H3;1H3,(H,3,4)/b14-9+;. The lowest BCUT2D eigenvalue weighted by atomic mass is 9.84. The average Bonchev–Trinajstić information content (AvgIpc) is 2.98. The van der Waals surface area contributed by atoms with Crippen LogP contribution in [0, 0.1) is 0 Å². The van der Waals surface area contributed by atoms with Crippen molar-refractivity contribution in [3.8, 4) is 0 Å². The summed E-state index contributed by atoms with van der Waals surface area (Å²) in [4.78, 5) is 14.7. The molecule has 1 N–H and O–H groups in total. The minimum Gasteiger partial charge on any atom is -0.481 e. The first-order valence-corrected chi connectivity index (χ1v) is 7.26. The quantitative estimate of drug-likeness (QED) is 0.652. The Balaban J connectivity index is 0.000000541. The highest BCUT2D eigenvalue weighted by Gasteiger charge is 2.38. The van der Waals surface area contributed by atoms with Gasteiger partial charge in [0.05, 0.1) is 0 Å². The lowest BCUT2D eigenvalue weighted by molar-refractivity contribution is -0.134. The second-order valence-electron chi connectivity index (χ2n) is 5.05. The van der Waals surface area contributed by atoms with Crippen LogP contribution in [0.1, 0.15) is 38.7 Å². The molecule has 1 atom stereocenters. The second-order valence-corrected chi connectivity index (χ2v) is 5.05. The maximum absolute atomic E-state index is 9.00. The predicted molar refractivity (Wildman–Crippen MR) is 88.8 cm³/mol. The number of rotatable bonds is 5. The number of aliphatic carboxylic acids is 1. The van der Waals surface area contributed by atoms with Gasteiger partial charge in [0.15, 0.2) is 5.60 Å². The third-order valence-corrected chi connectivity index (χ3v) is 3.36. The van der Waals surface area contributed by atoms with E-state index in [4.69, 9.17) is 14.7 Å². The van der Waals surface area contributed by atoms with Crippen LogP contribution in [-0.4, -0.2) is 17.3 Å². The van der Waals surface area contributed by atoms with Crippen molar-refractivity contribution < 1.29 is 14.7 Å². The van der Waals surface area contributed by atoms with Crippen LogP contribution in [-0.2, 0) is 15.2 Å². The van der Waals surface area contributed by atoms with Crippen LogP contribution in [0.3, 0.4) is 0 Å². The summed E-state index contributed by atoms with van der Waals surface area (Å²) >= 11 is 0. The number of carbonyl (C=O) groups is 1. The molecule has 0 aromatic heterocycles. The number of allylic oxidation sites excluding steroid dienone is 2. The molecule has 0 spiro atoms. The monoisotopic (exact) mass is 301 g/mol. The first kappa shape index (κ1) is 17.7. The lowest BCUT2D eigenvalue weighted by Gasteiger charge is -2.28. The van der Waals surface area contributed by atoms with E-state index in [1.54, 1.807) is 0 Å². The van der Waals surface area contributed by atoms with Gasteiger partial charge < -0.3 is 9.94 Å². The number of hydrogen-bond acceptors (Lipinski definition) is 3. The molecule has 1 unspecified atom stereocenters. The molecule has 0 aliphatic carbocycles. The molecule has 0 amide bonds. The summed E-state index contributed by atoms with van der Waals surface area (Å²) in [6.07, 6.45) is 8.79. The summed E-state index contributed by atoms with van der Waals surface area (Å²) in [5.74, 6) is -0.833. The minimum absolute atomic E-state index is 0.400. The van der Waals surface area contributed by atoms with Gasteiger partial charge in [-0.1, -0.05) is 47.6 Å². The molecule has 4 nitrogen and oxygen atoms in total. The van der Waals surface area contributed by atoms with Crippen LogP contribution in [0.15, 0.2) is 59.8 Å². The summed E-state index contributed by atoms with van der Waals surface area (Å²) in [7, 11) is 0. The molecule has 0 radical (unpaired) electrons. The van der Waals surface area contributed by atoms with Crippen molar-refractivity contribution in [1.29, 1.82) is 0 Å². The van der Waals surface area contributed by atoms with Gasteiger partial charge in [0.1, 0.15) is 0 Å². The molecule has 0 fully saturated rings. The molecule has 118 valence electrons. The van der Waals surface area contributed by atoms with Crippen molar-refractivity contribution in [2.24, 2.45) is 5.16 Å². The summed E-state index contributed by atoms with van der Waals surface area (Å²) < 4.78 is 0. The van der Waals surface area contributed by atoms with Crippen LogP contribution in [0.25, 0.3) is 0 Å². The summed E-state index contributed by atoms with van der Waals surface area (Å²) in [5.41, 5.74) is 1.98. The Morgan fingerprint density at radius 3 is 2.50 bits per heavy atom. The Hall–Kier alpha value is -2.36. The van der Waals surface area contributed by atoms with Crippen LogP contribution in [0.5, 0.6) is 0 Å². The molecular weight excluding hydrogens is 278 g/mol. The van der Waals surface area contributed by atoms with Crippen molar-refractivity contribution in [1.82, 2.24) is 0 Å². The molecular formula is C18H23NO3. The number of benzene rings is 1. The summed E-state index contributed by atoms with van der Waals surface area (Å²) in [5, 5.41) is 11.4. The molecule has 0 saturated carbocycles. The van der Waals surface area contributed by atoms with Gasteiger partial charge in [-0.2, -0.15) is 0 Å². The first-order chi connectivity index (χ1) is 10.5. The van der Waals surface area contributed by atoms with Gasteiger partial charge in [-0.15, -0.1) is 6.58 Å². The fourth-order valence-corrected chi connectivity index (χ4v) is 2.25. The molecule has 0 saturated heterocycles. The third kappa shape index (κ3) is 4.88. The molecule has 22 heavy (non-hydrogen) atoms. The molecule has 4 heteroatoms. The average molecular weight is 301 g/mol. The van der Waals surface area contributed by atoms with Crippen LogP contribution in [0.2, 0.25) is 0 Å². The van der Waals surface area contributed by atoms with E-state index >= 15 is 0 Å². The molecule has 0 bridgehead atoms. The van der Waals surface area contributed by atoms with Gasteiger partial charge >= 0.3 is 0 Å². The number of oxime groups is 1. The van der Waals surface area contributed by atoms with Crippen molar-refractivity contribution in [3.63, 3.8) is 0 Å². The Morgan fingerprint density at radius 1 is 1.36 bits per heavy atom. The zero-order chi connectivity index (χ0) is 16.4. The Bertz CT molecular complexity index is 535. The van der Waals surface area contributed by atoms with E-state index in [0.29, 0.717) is 0 Å². The van der Waals surface area contributed by atoms with Crippen LogP contribution >= 0.6 is 0 Å². The zero-order valence-electron chi connectivity index (χ0n) is 13.2. The van der Waals surface area contributed by atoms with Gasteiger partial charge in [-0.05, 0) is 25.3 Å². The van der Waals surface area contributed by atoms with Crippen molar-refractivity contribution >= 4 is 12.2 Å². The Kier molecular flexibility index (Phi) is 7.09. The van der Waals surface area contributed by atoms with Gasteiger partial charge in [-0.25, -0.2) is 0 Å². The zero-order valence-corrected chi connectivity index (χ0v) is 13.2. The smallest absolute Gasteiger partial charge is 0.300 e. The van der Waals surface area contributed by atoms with Crippen LogP contribution < -0.4 is 0 Å². The van der Waals surface area contributed by atoms with Crippen molar-refractivity contribution in [2.75, 3.05) is 0 Å². The summed E-state index contributed by atoms with van der Waals surface area (Å²) in [6.45, 7) is 6.94. The summed E-state index contributed by atoms with van der Waals surface area (Å²) in [6, 6.07) is 10.3. The molecule has 1 aliphatic rings. The molecule has 1 heterocycles. The van der Waals surface area contributed by atoms with Gasteiger partial charge in [-0.3, -0.25) is 4.79 Å². The number of carboxylic acids is 1. The topological polar surface area (TPSA) is 58.9 Å². The van der Waals surface area contributed by atoms with E-state index in [2.05, 4.69) is 36.9 Å². The van der Waals surface area contributed by atoms with Crippen molar-refractivity contribution in [3.05, 3.63) is 60.2 Å². The van der Waals surface area contributed by atoms with E-state index in [9.17, 15) is 0 Å². The Labute approximate surface area is 131 Å². The second kappa shape index (κ2) is 8.82. The van der Waals surface area contributed by atoms with E-state index in [1.165, 1.54) is 5.57 Å². The van der Waals surface area contributed by atoms with E-state index in [0.717, 1.165) is 31.7 Å². The molecule has 1 aromatic rings. The van der Waals surface area contributed by atoms with Gasteiger partial charge in [0.2, 0.25) is 0 Å². The molecule has 1 aromatic carbocycles. The van der Waals surface area contributed by atoms with Gasteiger partial charge in [0.25, 0.3) is 5.97 Å². The lowest BCUT2D eigenvalue weighted by Crippen LogP contribution is -2.26. The largest absolute Gasteiger partial charge is 0.481 e. The predicted octanol–water partition coefficient (Wildman–Crippen LogP) is 4.29. The van der Waals surface area contributed by atoms with E-state index < -0.39 is 11.6 Å². The van der Waals surface area contributed by atoms with Crippen LogP contribution in [0.4, 0.5) is 0 Å². The highest BCUT2D eigenvalue weighted by molar-refractivity contribution is 5.63. The highest BCUT2D eigenvalue weighted by atomic mass is 16.7. The number of carboxylic acid groups (broad SMARTS) is 1. The van der Waals surface area contributed by atoms with E-state index in [-0.39, 0.29) is 0 Å². The normalized spacial score (nSPS) is 19.8. The number of hydrogen-bond donors (Lipinski definition) is 1. The molecule has 2 rings (SSSR count). The van der Waals surface area contributed by atoms with Gasteiger partial charge in [0, 0.05) is 25.1 Å². The fraction of sp³-hybridized carbons (Fsp3) is 0.333. The Morgan fingerprint density at radius 2 is 2.00 bits per heavy atom. The number of unbranched alkanes of at least 4 members (excludes halogenated alkanes) is 1. The van der Waals surface area contributed by atoms with E-state index in [1.807, 2.05) is 30.5 Å². The fourth-order valence-electron chi connectivity index (χ4n) is 2.25. The number of nitrogens with zero attached hydrogens (tertiary/aromatic N) is 1. The maximum Gasteiger partial charge on any atom is 0.300 e. The first-order valence-electron chi connectivity index (χ1n) is 7.26. The maximum atomic E-state index is 9.00. The highest BCUT2D eigenvalue weighted by Crippen LogP contribution is 2.39. The third-order valence-electron chi connectivity index (χ3n) is 3.36. The SMILES string of the molecule is C=CCC/C=C(\C)C1(c2ccccc2)CC=NO1.CC(=O)O.